The third-order valence-electron chi connectivity index (χ3n) is 2.70. The molecule has 0 atom stereocenters. The summed E-state index contributed by atoms with van der Waals surface area (Å²) in [4.78, 5) is 16.7. The van der Waals surface area contributed by atoms with Gasteiger partial charge in [-0.1, -0.05) is 52.6 Å². The highest BCUT2D eigenvalue weighted by Gasteiger charge is 2.01. The van der Waals surface area contributed by atoms with E-state index in [0.29, 0.717) is 10.0 Å². The number of hydrogen-bond acceptors (Lipinski definition) is 3. The molecule has 4 nitrogen and oxygen atoms in total. The summed E-state index contributed by atoms with van der Waals surface area (Å²) in [6.07, 6.45) is 1.55. The molecular formula is C16H14Cl2N2O2. The van der Waals surface area contributed by atoms with Gasteiger partial charge in [-0.05, 0) is 29.8 Å². The summed E-state index contributed by atoms with van der Waals surface area (Å²) in [6, 6.07) is 14.4. The van der Waals surface area contributed by atoms with Gasteiger partial charge in [0.15, 0.2) is 0 Å². The van der Waals surface area contributed by atoms with Crippen molar-refractivity contribution in [3.63, 3.8) is 0 Å². The van der Waals surface area contributed by atoms with E-state index in [1.54, 1.807) is 18.2 Å². The number of nitrogens with one attached hydrogen (secondary N) is 1. The number of carbonyl (C=O) groups is 1. The van der Waals surface area contributed by atoms with Gasteiger partial charge in [-0.2, -0.15) is 0 Å². The minimum Gasteiger partial charge on any atom is -0.391 e. The Kier molecular flexibility index (Phi) is 6.25. The smallest absolute Gasteiger partial charge is 0.229 e. The van der Waals surface area contributed by atoms with E-state index >= 15 is 0 Å². The lowest BCUT2D eigenvalue weighted by Gasteiger charge is -2.03. The predicted molar refractivity (Wildman–Crippen MR) is 89.4 cm³/mol. The third-order valence-corrected chi connectivity index (χ3v) is 3.44. The van der Waals surface area contributed by atoms with Gasteiger partial charge in [0, 0.05) is 5.69 Å². The average Bonchev–Trinajstić information content (AvgIpc) is 2.51. The molecule has 0 saturated carbocycles. The second kappa shape index (κ2) is 8.41. The molecule has 114 valence electrons. The molecule has 1 N–H and O–H groups in total. The van der Waals surface area contributed by atoms with Crippen LogP contribution in [0.1, 0.15) is 12.0 Å². The van der Waals surface area contributed by atoms with Gasteiger partial charge >= 0.3 is 0 Å². The Hall–Kier alpha value is -2.04. The van der Waals surface area contributed by atoms with Crippen LogP contribution in [-0.2, 0) is 16.2 Å². The number of hydrogen-bond donors (Lipinski definition) is 1. The van der Waals surface area contributed by atoms with E-state index in [9.17, 15) is 4.79 Å². The molecular weight excluding hydrogens is 323 g/mol. The molecule has 0 spiro atoms. The second-order valence-corrected chi connectivity index (χ2v) is 5.24. The summed E-state index contributed by atoms with van der Waals surface area (Å²) in [7, 11) is 0. The van der Waals surface area contributed by atoms with Crippen LogP contribution in [0.4, 0.5) is 5.69 Å². The lowest BCUT2D eigenvalue weighted by Crippen LogP contribution is -2.11. The standard InChI is InChI=1S/C16H14Cl2N2O2/c17-14-7-6-12(10-15(14)18)11-22-19-9-8-16(21)20-13-4-2-1-3-5-13/h1-7,9-10H,8,11H2,(H,20,21)/b19-9+. The van der Waals surface area contributed by atoms with E-state index in [4.69, 9.17) is 28.0 Å². The van der Waals surface area contributed by atoms with Gasteiger partial charge in [-0.3, -0.25) is 4.79 Å². The molecule has 22 heavy (non-hydrogen) atoms. The lowest BCUT2D eigenvalue weighted by molar-refractivity contribution is -0.115. The first-order chi connectivity index (χ1) is 10.6. The summed E-state index contributed by atoms with van der Waals surface area (Å²) in [5, 5.41) is 7.44. The number of anilines is 1. The maximum absolute atomic E-state index is 11.6. The summed E-state index contributed by atoms with van der Waals surface area (Å²) < 4.78 is 0. The molecule has 2 aromatic carbocycles. The molecule has 0 fully saturated rings. The zero-order chi connectivity index (χ0) is 15.8. The minimum atomic E-state index is -0.159. The Morgan fingerprint density at radius 2 is 1.91 bits per heavy atom. The first-order valence-corrected chi connectivity index (χ1v) is 7.33. The van der Waals surface area contributed by atoms with Crippen molar-refractivity contribution >= 4 is 41.0 Å². The van der Waals surface area contributed by atoms with Crippen LogP contribution in [0.15, 0.2) is 53.7 Å². The van der Waals surface area contributed by atoms with Crippen molar-refractivity contribution in [2.75, 3.05) is 5.32 Å². The highest BCUT2D eigenvalue weighted by atomic mass is 35.5. The van der Waals surface area contributed by atoms with Crippen LogP contribution in [-0.4, -0.2) is 12.1 Å². The minimum absolute atomic E-state index is 0.135. The van der Waals surface area contributed by atoms with Crippen molar-refractivity contribution in [1.29, 1.82) is 0 Å². The fourth-order valence-corrected chi connectivity index (χ4v) is 1.97. The van der Waals surface area contributed by atoms with E-state index in [-0.39, 0.29) is 18.9 Å². The van der Waals surface area contributed by atoms with Crippen LogP contribution in [0, 0.1) is 0 Å². The van der Waals surface area contributed by atoms with E-state index in [1.807, 2.05) is 30.3 Å². The van der Waals surface area contributed by atoms with Crippen LogP contribution < -0.4 is 5.32 Å². The zero-order valence-electron chi connectivity index (χ0n) is 11.6. The largest absolute Gasteiger partial charge is 0.391 e. The van der Waals surface area contributed by atoms with Crippen molar-refractivity contribution in [2.45, 2.75) is 13.0 Å². The molecule has 0 aliphatic rings. The van der Waals surface area contributed by atoms with Gasteiger partial charge in [-0.25, -0.2) is 0 Å². The fourth-order valence-electron chi connectivity index (χ4n) is 1.65. The topological polar surface area (TPSA) is 50.7 Å². The summed E-state index contributed by atoms with van der Waals surface area (Å²) >= 11 is 11.7. The molecule has 6 heteroatoms. The average molecular weight is 337 g/mol. The van der Waals surface area contributed by atoms with Crippen molar-refractivity contribution in [3.05, 3.63) is 64.1 Å². The number of nitrogens with zero attached hydrogens (tertiary/aromatic N) is 1. The monoisotopic (exact) mass is 336 g/mol. The molecule has 0 unspecified atom stereocenters. The van der Waals surface area contributed by atoms with Crippen molar-refractivity contribution in [1.82, 2.24) is 0 Å². The Morgan fingerprint density at radius 3 is 2.64 bits per heavy atom. The maximum Gasteiger partial charge on any atom is 0.229 e. The number of amides is 1. The van der Waals surface area contributed by atoms with Crippen LogP contribution in [0.2, 0.25) is 10.0 Å². The van der Waals surface area contributed by atoms with Crippen molar-refractivity contribution < 1.29 is 9.63 Å². The van der Waals surface area contributed by atoms with Crippen LogP contribution in [0.25, 0.3) is 0 Å². The fraction of sp³-hybridized carbons (Fsp3) is 0.125. The van der Waals surface area contributed by atoms with Gasteiger partial charge in [0.1, 0.15) is 6.61 Å². The number of benzene rings is 2. The Balaban J connectivity index is 1.71. The highest BCUT2D eigenvalue weighted by molar-refractivity contribution is 6.42. The van der Waals surface area contributed by atoms with Crippen molar-refractivity contribution in [3.8, 4) is 0 Å². The quantitative estimate of drug-likeness (QED) is 0.622. The van der Waals surface area contributed by atoms with Gasteiger partial charge in [-0.15, -0.1) is 0 Å². The van der Waals surface area contributed by atoms with Crippen LogP contribution >= 0.6 is 23.2 Å². The molecule has 0 aliphatic heterocycles. The first kappa shape index (κ1) is 16.3. The van der Waals surface area contributed by atoms with E-state index in [1.165, 1.54) is 6.21 Å². The first-order valence-electron chi connectivity index (χ1n) is 6.58. The highest BCUT2D eigenvalue weighted by Crippen LogP contribution is 2.22. The lowest BCUT2D eigenvalue weighted by atomic mass is 10.2. The molecule has 0 aromatic heterocycles. The molecule has 2 aromatic rings. The second-order valence-electron chi connectivity index (χ2n) is 4.43. The van der Waals surface area contributed by atoms with Crippen LogP contribution in [0.3, 0.4) is 0 Å². The molecule has 0 aliphatic carbocycles. The van der Waals surface area contributed by atoms with Gasteiger partial charge in [0.2, 0.25) is 5.91 Å². The summed E-state index contributed by atoms with van der Waals surface area (Å²) in [6.45, 7) is 0.258. The van der Waals surface area contributed by atoms with Crippen LogP contribution in [0.5, 0.6) is 0 Å². The Labute approximate surface area is 138 Å². The molecule has 0 saturated heterocycles. The molecule has 0 bridgehead atoms. The normalized spacial score (nSPS) is 10.6. The van der Waals surface area contributed by atoms with Gasteiger partial charge in [0.25, 0.3) is 0 Å². The Morgan fingerprint density at radius 1 is 1.14 bits per heavy atom. The zero-order valence-corrected chi connectivity index (χ0v) is 13.1. The number of carbonyl (C=O) groups excluding carboxylic acids is 1. The van der Waals surface area contributed by atoms with Crippen molar-refractivity contribution in [2.24, 2.45) is 5.16 Å². The summed E-state index contributed by atoms with van der Waals surface area (Å²) in [5.74, 6) is -0.159. The SMILES string of the molecule is O=C(C/C=N/OCc1ccc(Cl)c(Cl)c1)Nc1ccccc1. The van der Waals surface area contributed by atoms with E-state index in [0.717, 1.165) is 11.3 Å². The number of oxime groups is 1. The number of para-hydroxylation sites is 1. The molecule has 0 heterocycles. The number of rotatable bonds is 6. The molecule has 2 rings (SSSR count). The summed E-state index contributed by atoms with van der Waals surface area (Å²) in [5.41, 5.74) is 1.60. The van der Waals surface area contributed by atoms with Gasteiger partial charge in [0.05, 0.1) is 22.7 Å². The molecule has 0 radical (unpaired) electrons. The number of halogens is 2. The van der Waals surface area contributed by atoms with E-state index < -0.39 is 0 Å². The third kappa shape index (κ3) is 5.39. The Bertz CT molecular complexity index is 660. The predicted octanol–water partition coefficient (Wildman–Crippen LogP) is 4.52. The van der Waals surface area contributed by atoms with Gasteiger partial charge < -0.3 is 10.2 Å². The maximum atomic E-state index is 11.6. The van der Waals surface area contributed by atoms with E-state index in [2.05, 4.69) is 10.5 Å². The molecule has 1 amide bonds.